The molecule has 0 aliphatic carbocycles. The van der Waals surface area contributed by atoms with Crippen molar-refractivity contribution in [1.29, 1.82) is 0 Å². The van der Waals surface area contributed by atoms with Crippen molar-refractivity contribution in [3.8, 4) is 5.75 Å². The molecule has 0 unspecified atom stereocenters. The van der Waals surface area contributed by atoms with Crippen LogP contribution in [0.1, 0.15) is 20.7 Å². The summed E-state index contributed by atoms with van der Waals surface area (Å²) in [6.07, 6.45) is 0. The highest BCUT2D eigenvalue weighted by atomic mass is 79.9. The van der Waals surface area contributed by atoms with Crippen molar-refractivity contribution in [2.75, 3.05) is 57.7 Å². The molecule has 2 aromatic rings. The molecule has 0 bridgehead atoms. The van der Waals surface area contributed by atoms with E-state index in [0.29, 0.717) is 27.0 Å². The van der Waals surface area contributed by atoms with Crippen LogP contribution in [-0.4, -0.2) is 69.3 Å². The van der Waals surface area contributed by atoms with Crippen molar-refractivity contribution in [3.05, 3.63) is 52.0 Å². The molecule has 1 heterocycles. The Labute approximate surface area is 201 Å². The van der Waals surface area contributed by atoms with Crippen LogP contribution in [0.4, 0.5) is 11.4 Å². The molecule has 170 valence electrons. The first-order chi connectivity index (χ1) is 15.3. The SMILES string of the molecule is COC(=O)c1ccc(N2CCN(C)CC2)c(NC(=S)NC(=O)c2ccc(OC)c(Br)c2)c1. The van der Waals surface area contributed by atoms with E-state index in [0.717, 1.165) is 31.9 Å². The fourth-order valence-corrected chi connectivity index (χ4v) is 4.08. The predicted molar refractivity (Wildman–Crippen MR) is 132 cm³/mol. The molecule has 1 aliphatic heterocycles. The first-order valence-electron chi connectivity index (χ1n) is 9.94. The van der Waals surface area contributed by atoms with Crippen molar-refractivity contribution in [2.24, 2.45) is 0 Å². The second-order valence-corrected chi connectivity index (χ2v) is 8.53. The Balaban J connectivity index is 1.79. The number of carbonyl (C=O) groups is 2. The van der Waals surface area contributed by atoms with Crippen LogP contribution in [0.25, 0.3) is 0 Å². The van der Waals surface area contributed by atoms with Gasteiger partial charge in [-0.15, -0.1) is 0 Å². The molecule has 3 rings (SSSR count). The van der Waals surface area contributed by atoms with Gasteiger partial charge in [0.1, 0.15) is 5.75 Å². The molecule has 0 saturated carbocycles. The Hall–Kier alpha value is -2.69. The van der Waals surface area contributed by atoms with Gasteiger partial charge in [0.25, 0.3) is 5.91 Å². The number of nitrogens with zero attached hydrogens (tertiary/aromatic N) is 2. The van der Waals surface area contributed by atoms with Crippen LogP contribution >= 0.6 is 28.1 Å². The maximum absolute atomic E-state index is 12.7. The number of thiocarbonyl (C=S) groups is 1. The predicted octanol–water partition coefficient (Wildman–Crippen LogP) is 3.12. The molecule has 0 radical (unpaired) electrons. The number of halogens is 1. The standard InChI is InChI=1S/C22H25BrN4O4S/c1-26-8-10-27(11-9-26)18-6-4-15(21(29)31-3)13-17(18)24-22(32)25-20(28)14-5-7-19(30-2)16(23)12-14/h4-7,12-13H,8-11H2,1-3H3,(H2,24,25,28,32). The summed E-state index contributed by atoms with van der Waals surface area (Å²) in [4.78, 5) is 29.2. The van der Waals surface area contributed by atoms with Crippen LogP contribution in [0.3, 0.4) is 0 Å². The molecule has 8 nitrogen and oxygen atoms in total. The highest BCUT2D eigenvalue weighted by molar-refractivity contribution is 9.10. The summed E-state index contributed by atoms with van der Waals surface area (Å²) in [6.45, 7) is 3.51. The molecular weight excluding hydrogens is 496 g/mol. The second-order valence-electron chi connectivity index (χ2n) is 7.27. The van der Waals surface area contributed by atoms with Crippen molar-refractivity contribution in [1.82, 2.24) is 10.2 Å². The molecule has 1 amide bonds. The third kappa shape index (κ3) is 5.76. The third-order valence-corrected chi connectivity index (χ3v) is 5.97. The van der Waals surface area contributed by atoms with Crippen LogP contribution in [-0.2, 0) is 4.74 Å². The fourth-order valence-electron chi connectivity index (χ4n) is 3.34. The Morgan fingerprint density at radius 2 is 1.72 bits per heavy atom. The van der Waals surface area contributed by atoms with Crippen molar-refractivity contribution >= 4 is 56.5 Å². The summed E-state index contributed by atoms with van der Waals surface area (Å²) in [5, 5.41) is 5.89. The van der Waals surface area contributed by atoms with Gasteiger partial charge in [0.2, 0.25) is 0 Å². The third-order valence-electron chi connectivity index (χ3n) is 5.15. The van der Waals surface area contributed by atoms with Gasteiger partial charge in [-0.2, -0.15) is 0 Å². The number of piperazine rings is 1. The number of ether oxygens (including phenoxy) is 2. The van der Waals surface area contributed by atoms with E-state index in [4.69, 9.17) is 21.7 Å². The zero-order valence-corrected chi connectivity index (χ0v) is 20.5. The zero-order chi connectivity index (χ0) is 23.3. The topological polar surface area (TPSA) is 83.1 Å². The maximum Gasteiger partial charge on any atom is 0.337 e. The van der Waals surface area contributed by atoms with Crippen LogP contribution in [0.15, 0.2) is 40.9 Å². The van der Waals surface area contributed by atoms with Crippen LogP contribution < -0.4 is 20.3 Å². The van der Waals surface area contributed by atoms with Crippen LogP contribution in [0.2, 0.25) is 0 Å². The number of benzene rings is 2. The number of hydrogen-bond donors (Lipinski definition) is 2. The highest BCUT2D eigenvalue weighted by Gasteiger charge is 2.20. The minimum Gasteiger partial charge on any atom is -0.496 e. The minimum atomic E-state index is -0.448. The smallest absolute Gasteiger partial charge is 0.337 e. The van der Waals surface area contributed by atoms with E-state index in [2.05, 4.69) is 43.4 Å². The lowest BCUT2D eigenvalue weighted by Gasteiger charge is -2.35. The van der Waals surface area contributed by atoms with E-state index < -0.39 is 5.97 Å². The Morgan fingerprint density at radius 1 is 1.03 bits per heavy atom. The van der Waals surface area contributed by atoms with Gasteiger partial charge in [-0.1, -0.05) is 0 Å². The molecule has 10 heteroatoms. The minimum absolute atomic E-state index is 0.124. The number of amides is 1. The first kappa shape index (κ1) is 24.0. The normalized spacial score (nSPS) is 13.9. The summed E-state index contributed by atoms with van der Waals surface area (Å²) in [7, 11) is 4.97. The lowest BCUT2D eigenvalue weighted by molar-refractivity contribution is 0.0600. The average molecular weight is 521 g/mol. The van der Waals surface area contributed by atoms with Crippen LogP contribution in [0, 0.1) is 0 Å². The zero-order valence-electron chi connectivity index (χ0n) is 18.1. The molecule has 0 spiro atoms. The summed E-state index contributed by atoms with van der Waals surface area (Å²) >= 11 is 8.76. The summed E-state index contributed by atoms with van der Waals surface area (Å²) < 4.78 is 10.7. The molecule has 1 fully saturated rings. The van der Waals surface area contributed by atoms with Gasteiger partial charge >= 0.3 is 5.97 Å². The van der Waals surface area contributed by atoms with Gasteiger partial charge in [-0.25, -0.2) is 4.79 Å². The number of carbonyl (C=O) groups excluding carboxylic acids is 2. The molecule has 0 aromatic heterocycles. The number of likely N-dealkylation sites (N-methyl/N-ethyl adjacent to an activating group) is 1. The Bertz CT molecular complexity index is 1020. The molecule has 32 heavy (non-hydrogen) atoms. The monoisotopic (exact) mass is 520 g/mol. The lowest BCUT2D eigenvalue weighted by Crippen LogP contribution is -2.45. The number of nitrogens with one attached hydrogen (secondary N) is 2. The quantitative estimate of drug-likeness (QED) is 0.459. The summed E-state index contributed by atoms with van der Waals surface area (Å²) in [5.41, 5.74) is 2.33. The van der Waals surface area contributed by atoms with Gasteiger partial charge in [0.15, 0.2) is 5.11 Å². The molecule has 2 aromatic carbocycles. The highest BCUT2D eigenvalue weighted by Crippen LogP contribution is 2.29. The van der Waals surface area contributed by atoms with Crippen molar-refractivity contribution in [3.63, 3.8) is 0 Å². The molecule has 1 aliphatic rings. The fraction of sp³-hybridized carbons (Fsp3) is 0.318. The van der Waals surface area contributed by atoms with E-state index in [9.17, 15) is 9.59 Å². The van der Waals surface area contributed by atoms with Gasteiger partial charge < -0.3 is 24.6 Å². The number of anilines is 2. The first-order valence-corrected chi connectivity index (χ1v) is 11.1. The van der Waals surface area contributed by atoms with Crippen LogP contribution in [0.5, 0.6) is 5.75 Å². The second kappa shape index (κ2) is 10.8. The Kier molecular flexibility index (Phi) is 8.05. The van der Waals surface area contributed by atoms with Gasteiger partial charge in [-0.05, 0) is 71.6 Å². The lowest BCUT2D eigenvalue weighted by atomic mass is 10.1. The van der Waals surface area contributed by atoms with Crippen molar-refractivity contribution < 1.29 is 19.1 Å². The molecule has 1 saturated heterocycles. The Morgan fingerprint density at radius 3 is 2.34 bits per heavy atom. The van der Waals surface area contributed by atoms with Gasteiger partial charge in [-0.3, -0.25) is 10.1 Å². The molecule has 2 N–H and O–H groups in total. The molecular formula is C22H25BrN4O4S. The number of methoxy groups -OCH3 is 2. The maximum atomic E-state index is 12.7. The molecule has 0 atom stereocenters. The average Bonchev–Trinajstić information content (AvgIpc) is 2.79. The number of rotatable bonds is 5. The van der Waals surface area contributed by atoms with Gasteiger partial charge in [0, 0.05) is 31.7 Å². The largest absolute Gasteiger partial charge is 0.496 e. The van der Waals surface area contributed by atoms with E-state index in [1.54, 1.807) is 37.4 Å². The van der Waals surface area contributed by atoms with Gasteiger partial charge in [0.05, 0.1) is 35.6 Å². The number of hydrogen-bond acceptors (Lipinski definition) is 7. The van der Waals surface area contributed by atoms with E-state index in [-0.39, 0.29) is 11.0 Å². The van der Waals surface area contributed by atoms with E-state index in [1.165, 1.54) is 7.11 Å². The summed E-state index contributed by atoms with van der Waals surface area (Å²) in [6, 6.07) is 10.3. The van der Waals surface area contributed by atoms with E-state index >= 15 is 0 Å². The number of esters is 1. The van der Waals surface area contributed by atoms with Crippen molar-refractivity contribution in [2.45, 2.75) is 0 Å². The summed E-state index contributed by atoms with van der Waals surface area (Å²) in [5.74, 6) is -0.189. The van der Waals surface area contributed by atoms with E-state index in [1.807, 2.05) is 6.07 Å².